The lowest BCUT2D eigenvalue weighted by molar-refractivity contribution is 0.172. The zero-order valence-electron chi connectivity index (χ0n) is 11.1. The van der Waals surface area contributed by atoms with Crippen molar-refractivity contribution in [3.05, 3.63) is 23.3 Å². The number of aliphatic hydroxyl groups excluding tert-OH is 1. The number of hydrogen-bond acceptors (Lipinski definition) is 1. The summed E-state index contributed by atoms with van der Waals surface area (Å²) in [5, 5.41) is 10.1. The molecule has 90 valence electrons. The lowest BCUT2D eigenvalue weighted by atomic mass is 9.93. The van der Waals surface area contributed by atoms with Gasteiger partial charge in [0.25, 0.3) is 0 Å². The maximum Gasteiger partial charge on any atom is 0.0807 e. The summed E-state index contributed by atoms with van der Waals surface area (Å²) in [6.45, 7) is 10.2. The third kappa shape index (κ3) is 5.19. The third-order valence-electron chi connectivity index (χ3n) is 2.90. The van der Waals surface area contributed by atoms with Crippen molar-refractivity contribution in [2.75, 3.05) is 0 Å². The van der Waals surface area contributed by atoms with E-state index in [1.54, 1.807) is 0 Å². The maximum absolute atomic E-state index is 10.1. The standard InChI is InChI=1S/C15H24O/c1-7-11(3)9-13(5)15(16)14(6)10-12(4)8-2/h1,9-10,12-13,15-16H,8H2,2-6H3/b11-9+,14-10+/t12?,13?,15-/m1/s1. The monoisotopic (exact) mass is 220 g/mol. The summed E-state index contributed by atoms with van der Waals surface area (Å²) in [7, 11) is 0. The fourth-order valence-corrected chi connectivity index (χ4v) is 1.61. The molecule has 16 heavy (non-hydrogen) atoms. The summed E-state index contributed by atoms with van der Waals surface area (Å²) in [5.41, 5.74) is 1.91. The van der Waals surface area contributed by atoms with E-state index in [4.69, 9.17) is 6.42 Å². The van der Waals surface area contributed by atoms with Gasteiger partial charge < -0.3 is 5.11 Å². The summed E-state index contributed by atoms with van der Waals surface area (Å²) < 4.78 is 0. The molecule has 1 nitrogen and oxygen atoms in total. The number of rotatable bonds is 5. The Morgan fingerprint density at radius 1 is 1.31 bits per heavy atom. The predicted molar refractivity (Wildman–Crippen MR) is 71.0 cm³/mol. The number of aliphatic hydroxyl groups is 1. The van der Waals surface area contributed by atoms with Crippen LogP contribution in [-0.4, -0.2) is 11.2 Å². The smallest absolute Gasteiger partial charge is 0.0807 e. The highest BCUT2D eigenvalue weighted by atomic mass is 16.3. The molecule has 0 aromatic heterocycles. The van der Waals surface area contributed by atoms with Crippen molar-refractivity contribution in [3.63, 3.8) is 0 Å². The molecule has 0 fully saturated rings. The highest BCUT2D eigenvalue weighted by Crippen LogP contribution is 2.17. The molecule has 0 aromatic rings. The number of terminal acetylenes is 1. The minimum atomic E-state index is -0.433. The van der Waals surface area contributed by atoms with Gasteiger partial charge in [-0.25, -0.2) is 0 Å². The van der Waals surface area contributed by atoms with Gasteiger partial charge in [-0.2, -0.15) is 0 Å². The first-order valence-corrected chi connectivity index (χ1v) is 5.93. The fraction of sp³-hybridized carbons (Fsp3) is 0.600. The van der Waals surface area contributed by atoms with E-state index in [-0.39, 0.29) is 5.92 Å². The Balaban J connectivity index is 4.62. The molecular weight excluding hydrogens is 196 g/mol. The van der Waals surface area contributed by atoms with Crippen molar-refractivity contribution in [1.29, 1.82) is 0 Å². The summed E-state index contributed by atoms with van der Waals surface area (Å²) in [4.78, 5) is 0. The van der Waals surface area contributed by atoms with E-state index in [2.05, 4.69) is 25.8 Å². The van der Waals surface area contributed by atoms with E-state index >= 15 is 0 Å². The fourth-order valence-electron chi connectivity index (χ4n) is 1.61. The number of hydrogen-bond donors (Lipinski definition) is 1. The van der Waals surface area contributed by atoms with Crippen molar-refractivity contribution in [2.24, 2.45) is 11.8 Å². The molecule has 0 bridgehead atoms. The van der Waals surface area contributed by atoms with Crippen LogP contribution in [0.5, 0.6) is 0 Å². The molecule has 0 saturated carbocycles. The van der Waals surface area contributed by atoms with Gasteiger partial charge >= 0.3 is 0 Å². The van der Waals surface area contributed by atoms with Crippen LogP contribution in [0.25, 0.3) is 0 Å². The summed E-state index contributed by atoms with van der Waals surface area (Å²) in [5.74, 6) is 3.15. The van der Waals surface area contributed by atoms with Crippen LogP contribution in [0.3, 0.4) is 0 Å². The Hall–Kier alpha value is -1.00. The first-order valence-electron chi connectivity index (χ1n) is 5.93. The van der Waals surface area contributed by atoms with Gasteiger partial charge in [-0.3, -0.25) is 0 Å². The van der Waals surface area contributed by atoms with Crippen LogP contribution in [0.4, 0.5) is 0 Å². The molecule has 0 spiro atoms. The van der Waals surface area contributed by atoms with Gasteiger partial charge in [0.05, 0.1) is 6.10 Å². The predicted octanol–water partition coefficient (Wildman–Crippen LogP) is 3.56. The molecule has 2 unspecified atom stereocenters. The van der Waals surface area contributed by atoms with Crippen molar-refractivity contribution in [2.45, 2.75) is 47.1 Å². The van der Waals surface area contributed by atoms with Crippen LogP contribution in [0.1, 0.15) is 41.0 Å². The van der Waals surface area contributed by atoms with Gasteiger partial charge in [0, 0.05) is 5.92 Å². The molecule has 1 N–H and O–H groups in total. The Kier molecular flexibility index (Phi) is 6.85. The van der Waals surface area contributed by atoms with Crippen LogP contribution >= 0.6 is 0 Å². The van der Waals surface area contributed by atoms with Crippen molar-refractivity contribution in [3.8, 4) is 12.3 Å². The summed E-state index contributed by atoms with van der Waals surface area (Å²) in [6, 6.07) is 0. The van der Waals surface area contributed by atoms with Crippen LogP contribution in [0.2, 0.25) is 0 Å². The molecule has 0 aliphatic heterocycles. The van der Waals surface area contributed by atoms with Crippen molar-refractivity contribution in [1.82, 2.24) is 0 Å². The lowest BCUT2D eigenvalue weighted by Gasteiger charge is -2.18. The second kappa shape index (κ2) is 7.30. The van der Waals surface area contributed by atoms with Gasteiger partial charge in [0.1, 0.15) is 0 Å². The van der Waals surface area contributed by atoms with Crippen LogP contribution in [-0.2, 0) is 0 Å². The topological polar surface area (TPSA) is 20.2 Å². The van der Waals surface area contributed by atoms with Crippen LogP contribution in [0, 0.1) is 24.2 Å². The van der Waals surface area contributed by atoms with Gasteiger partial charge in [-0.1, -0.05) is 45.3 Å². The molecular formula is C15H24O. The average Bonchev–Trinajstić information content (AvgIpc) is 2.27. The van der Waals surface area contributed by atoms with E-state index in [1.807, 2.05) is 26.8 Å². The van der Waals surface area contributed by atoms with Crippen LogP contribution < -0.4 is 0 Å². The van der Waals surface area contributed by atoms with Crippen LogP contribution in [0.15, 0.2) is 23.3 Å². The molecule has 0 saturated heterocycles. The molecule has 1 heteroatoms. The highest BCUT2D eigenvalue weighted by Gasteiger charge is 2.14. The van der Waals surface area contributed by atoms with Gasteiger partial charge in [0.15, 0.2) is 0 Å². The molecule has 0 amide bonds. The minimum Gasteiger partial charge on any atom is -0.388 e. The average molecular weight is 220 g/mol. The molecule has 0 aromatic carbocycles. The first-order chi connectivity index (χ1) is 7.42. The summed E-state index contributed by atoms with van der Waals surface area (Å²) >= 11 is 0. The first kappa shape index (κ1) is 15.0. The van der Waals surface area contributed by atoms with Gasteiger partial charge in [-0.15, -0.1) is 6.42 Å². The van der Waals surface area contributed by atoms with E-state index in [0.29, 0.717) is 5.92 Å². The zero-order chi connectivity index (χ0) is 12.7. The molecule has 0 heterocycles. The van der Waals surface area contributed by atoms with E-state index in [1.165, 1.54) is 0 Å². The Morgan fingerprint density at radius 3 is 2.31 bits per heavy atom. The Bertz CT molecular complexity index is 304. The van der Waals surface area contributed by atoms with E-state index in [9.17, 15) is 5.11 Å². The normalized spacial score (nSPS) is 18.8. The van der Waals surface area contributed by atoms with Crippen molar-refractivity contribution < 1.29 is 5.11 Å². The largest absolute Gasteiger partial charge is 0.388 e. The molecule has 0 aliphatic carbocycles. The highest BCUT2D eigenvalue weighted by molar-refractivity contribution is 5.24. The third-order valence-corrected chi connectivity index (χ3v) is 2.90. The quantitative estimate of drug-likeness (QED) is 0.555. The van der Waals surface area contributed by atoms with Gasteiger partial charge in [-0.05, 0) is 30.9 Å². The zero-order valence-corrected chi connectivity index (χ0v) is 11.1. The second-order valence-electron chi connectivity index (χ2n) is 4.59. The lowest BCUT2D eigenvalue weighted by Crippen LogP contribution is -2.18. The second-order valence-corrected chi connectivity index (χ2v) is 4.59. The molecule has 0 aliphatic rings. The summed E-state index contributed by atoms with van der Waals surface area (Å²) in [6.07, 6.45) is 10.0. The van der Waals surface area contributed by atoms with E-state index < -0.39 is 6.10 Å². The Labute approximate surface area is 100 Å². The van der Waals surface area contributed by atoms with Crippen molar-refractivity contribution >= 4 is 0 Å². The molecule has 0 radical (unpaired) electrons. The number of allylic oxidation sites excluding steroid dienone is 2. The minimum absolute atomic E-state index is 0.0661. The maximum atomic E-state index is 10.1. The molecule has 3 atom stereocenters. The van der Waals surface area contributed by atoms with Gasteiger partial charge in [0.2, 0.25) is 0 Å². The van der Waals surface area contributed by atoms with E-state index in [0.717, 1.165) is 17.6 Å². The SMILES string of the molecule is C#C/C(C)=C/C(C)[C@@H](O)/C(C)=C/C(C)CC. The Morgan fingerprint density at radius 2 is 1.88 bits per heavy atom. The molecule has 0 rings (SSSR count).